The van der Waals surface area contributed by atoms with Crippen LogP contribution in [0.3, 0.4) is 0 Å². The minimum Gasteiger partial charge on any atom is -0.452 e. The van der Waals surface area contributed by atoms with E-state index in [1.807, 2.05) is 0 Å². The van der Waals surface area contributed by atoms with Gasteiger partial charge in [0.05, 0.1) is 0 Å². The van der Waals surface area contributed by atoms with Crippen molar-refractivity contribution in [2.75, 3.05) is 25.0 Å². The number of ether oxygens (including phenoxy) is 2. The summed E-state index contributed by atoms with van der Waals surface area (Å²) < 4.78 is 9.03. The van der Waals surface area contributed by atoms with Crippen LogP contribution in [0.25, 0.3) is 0 Å². The van der Waals surface area contributed by atoms with Crippen molar-refractivity contribution >= 4 is 35.1 Å². The maximum atomic E-state index is 10.5. The SMILES string of the molecule is O=C(CCl)OCC#CCOC(=O)CCl. The van der Waals surface area contributed by atoms with Crippen molar-refractivity contribution < 1.29 is 19.1 Å². The van der Waals surface area contributed by atoms with Gasteiger partial charge in [0.25, 0.3) is 0 Å². The van der Waals surface area contributed by atoms with Crippen molar-refractivity contribution in [1.29, 1.82) is 0 Å². The molecule has 0 N–H and O–H groups in total. The average molecular weight is 239 g/mol. The molecule has 14 heavy (non-hydrogen) atoms. The highest BCUT2D eigenvalue weighted by atomic mass is 35.5. The van der Waals surface area contributed by atoms with Crippen LogP contribution in [0.15, 0.2) is 0 Å². The van der Waals surface area contributed by atoms with Gasteiger partial charge in [-0.15, -0.1) is 23.2 Å². The van der Waals surface area contributed by atoms with Gasteiger partial charge in [-0.1, -0.05) is 11.8 Å². The maximum absolute atomic E-state index is 10.5. The molecule has 0 aromatic carbocycles. The highest BCUT2D eigenvalue weighted by Crippen LogP contribution is 1.82. The van der Waals surface area contributed by atoms with Crippen LogP contribution in [-0.4, -0.2) is 36.9 Å². The molecule has 0 aliphatic heterocycles. The molecule has 0 aliphatic carbocycles. The molecule has 0 spiro atoms. The van der Waals surface area contributed by atoms with Gasteiger partial charge in [-0.25, -0.2) is 0 Å². The Balaban J connectivity index is 3.45. The van der Waals surface area contributed by atoms with E-state index in [-0.39, 0.29) is 25.0 Å². The predicted octanol–water partition coefficient (Wildman–Crippen LogP) is 0.554. The van der Waals surface area contributed by atoms with Gasteiger partial charge in [0, 0.05) is 0 Å². The smallest absolute Gasteiger partial charge is 0.321 e. The molecule has 0 fully saturated rings. The lowest BCUT2D eigenvalue weighted by molar-refractivity contribution is -0.140. The largest absolute Gasteiger partial charge is 0.452 e. The van der Waals surface area contributed by atoms with Crippen molar-refractivity contribution in [3.8, 4) is 11.8 Å². The van der Waals surface area contributed by atoms with E-state index in [1.54, 1.807) is 0 Å². The molecule has 0 aliphatic rings. The molecule has 6 heteroatoms. The van der Waals surface area contributed by atoms with Gasteiger partial charge in [0.15, 0.2) is 13.2 Å². The topological polar surface area (TPSA) is 52.6 Å². The Kier molecular flexibility index (Phi) is 8.10. The van der Waals surface area contributed by atoms with Crippen molar-refractivity contribution in [1.82, 2.24) is 0 Å². The predicted molar refractivity (Wildman–Crippen MR) is 51.1 cm³/mol. The van der Waals surface area contributed by atoms with Gasteiger partial charge in [0.2, 0.25) is 0 Å². The zero-order valence-corrected chi connectivity index (χ0v) is 8.73. The second-order valence-corrected chi connectivity index (χ2v) is 2.48. The molecule has 4 nitrogen and oxygen atoms in total. The normalized spacial score (nSPS) is 8.43. The van der Waals surface area contributed by atoms with E-state index in [4.69, 9.17) is 23.2 Å². The zero-order valence-electron chi connectivity index (χ0n) is 7.22. The van der Waals surface area contributed by atoms with Crippen LogP contribution in [-0.2, 0) is 19.1 Å². The Morgan fingerprint density at radius 1 is 0.929 bits per heavy atom. The number of esters is 2. The van der Waals surface area contributed by atoms with Crippen LogP contribution in [0.1, 0.15) is 0 Å². The number of hydrogen-bond acceptors (Lipinski definition) is 4. The summed E-state index contributed by atoms with van der Waals surface area (Å²) >= 11 is 10.3. The average Bonchev–Trinajstić information content (AvgIpc) is 2.22. The first-order chi connectivity index (χ1) is 6.70. The Morgan fingerprint density at radius 2 is 1.29 bits per heavy atom. The first-order valence-corrected chi connectivity index (χ1v) is 4.66. The minimum absolute atomic E-state index is 0.0655. The van der Waals surface area contributed by atoms with E-state index in [9.17, 15) is 9.59 Å². The van der Waals surface area contributed by atoms with Gasteiger partial charge < -0.3 is 9.47 Å². The second-order valence-electron chi connectivity index (χ2n) is 1.94. The minimum atomic E-state index is -0.543. The van der Waals surface area contributed by atoms with E-state index in [0.29, 0.717) is 0 Å². The summed E-state index contributed by atoms with van der Waals surface area (Å²) in [5, 5.41) is 0. The monoisotopic (exact) mass is 238 g/mol. The molecule has 0 unspecified atom stereocenters. The van der Waals surface area contributed by atoms with E-state index >= 15 is 0 Å². The molecular weight excluding hydrogens is 231 g/mol. The molecule has 0 radical (unpaired) electrons. The van der Waals surface area contributed by atoms with Crippen LogP contribution < -0.4 is 0 Å². The van der Waals surface area contributed by atoms with Gasteiger partial charge in [-0.2, -0.15) is 0 Å². The summed E-state index contributed by atoms with van der Waals surface area (Å²) in [5.41, 5.74) is 0. The first kappa shape index (κ1) is 13.1. The standard InChI is InChI=1S/C8H8Cl2O4/c9-5-7(11)13-3-1-2-4-14-8(12)6-10/h3-6H2. The summed E-state index contributed by atoms with van der Waals surface area (Å²) in [7, 11) is 0. The number of alkyl halides is 2. The fourth-order valence-corrected chi connectivity index (χ4v) is 0.567. The van der Waals surface area contributed by atoms with Gasteiger partial charge >= 0.3 is 11.9 Å². The summed E-state index contributed by atoms with van der Waals surface area (Å²) in [6.45, 7) is -0.131. The Hall–Kier alpha value is -0.920. The lowest BCUT2D eigenvalue weighted by Crippen LogP contribution is -2.07. The van der Waals surface area contributed by atoms with Crippen molar-refractivity contribution in [2.45, 2.75) is 0 Å². The quantitative estimate of drug-likeness (QED) is 0.408. The summed E-state index contributed by atoms with van der Waals surface area (Å²) in [4.78, 5) is 20.9. The molecule has 0 bridgehead atoms. The lowest BCUT2D eigenvalue weighted by Gasteiger charge is -1.95. The van der Waals surface area contributed by atoms with Crippen LogP contribution in [0.4, 0.5) is 0 Å². The Labute approximate surface area is 91.4 Å². The second kappa shape index (κ2) is 8.67. The molecule has 0 amide bonds. The van der Waals surface area contributed by atoms with Crippen LogP contribution in [0.5, 0.6) is 0 Å². The van der Waals surface area contributed by atoms with E-state index in [1.165, 1.54) is 0 Å². The molecule has 0 aromatic rings. The number of carbonyl (C=O) groups is 2. The molecule has 78 valence electrons. The third-order valence-corrected chi connectivity index (χ3v) is 1.39. The molecule has 0 heterocycles. The van der Waals surface area contributed by atoms with Crippen molar-refractivity contribution in [2.24, 2.45) is 0 Å². The fraction of sp³-hybridized carbons (Fsp3) is 0.500. The zero-order chi connectivity index (χ0) is 10.8. The molecule has 0 atom stereocenters. The molecule has 0 rings (SSSR count). The van der Waals surface area contributed by atoms with Crippen LogP contribution in [0, 0.1) is 11.8 Å². The molecule has 0 saturated heterocycles. The van der Waals surface area contributed by atoms with E-state index < -0.39 is 11.9 Å². The van der Waals surface area contributed by atoms with Crippen LogP contribution >= 0.6 is 23.2 Å². The number of hydrogen-bond donors (Lipinski definition) is 0. The Morgan fingerprint density at radius 3 is 1.57 bits per heavy atom. The third-order valence-electron chi connectivity index (χ3n) is 0.954. The van der Waals surface area contributed by atoms with Crippen LogP contribution in [0.2, 0.25) is 0 Å². The van der Waals surface area contributed by atoms with Gasteiger partial charge in [0.1, 0.15) is 11.8 Å². The first-order valence-electron chi connectivity index (χ1n) is 3.59. The van der Waals surface area contributed by atoms with Gasteiger partial charge in [-0.3, -0.25) is 9.59 Å². The summed E-state index contributed by atoms with van der Waals surface area (Å²) in [6, 6.07) is 0. The van der Waals surface area contributed by atoms with Gasteiger partial charge in [-0.05, 0) is 0 Å². The highest BCUT2D eigenvalue weighted by Gasteiger charge is 1.96. The van der Waals surface area contributed by atoms with E-state index in [0.717, 1.165) is 0 Å². The summed E-state index contributed by atoms with van der Waals surface area (Å²) in [6.07, 6.45) is 0. The summed E-state index contributed by atoms with van der Waals surface area (Å²) in [5.74, 6) is 3.42. The number of rotatable bonds is 4. The Bertz CT molecular complexity index is 230. The molecule has 0 saturated carbocycles. The number of carbonyl (C=O) groups excluding carboxylic acids is 2. The third kappa shape index (κ3) is 7.71. The molecular formula is C8H8Cl2O4. The molecule has 0 aromatic heterocycles. The fourth-order valence-electron chi connectivity index (χ4n) is 0.412. The number of halogens is 2. The van der Waals surface area contributed by atoms with Crippen molar-refractivity contribution in [3.05, 3.63) is 0 Å². The van der Waals surface area contributed by atoms with E-state index in [2.05, 4.69) is 21.3 Å². The maximum Gasteiger partial charge on any atom is 0.321 e. The highest BCUT2D eigenvalue weighted by molar-refractivity contribution is 6.26. The van der Waals surface area contributed by atoms with Crippen molar-refractivity contribution in [3.63, 3.8) is 0 Å². The lowest BCUT2D eigenvalue weighted by atomic mass is 10.6.